The maximum atomic E-state index is 16.7. The van der Waals surface area contributed by atoms with Gasteiger partial charge in [-0.1, -0.05) is 92.6 Å². The Morgan fingerprint density at radius 3 is 2.31 bits per heavy atom. The molecule has 4 aliphatic carbocycles. The number of unbranched alkanes of at least 4 members (excludes halogenated alkanes) is 3. The van der Waals surface area contributed by atoms with E-state index in [9.17, 15) is 19.2 Å². The Bertz CT molecular complexity index is 2540. The Hall–Kier alpha value is -4.65. The molecule has 4 aliphatic heterocycles. The van der Waals surface area contributed by atoms with Crippen LogP contribution in [0.25, 0.3) is 0 Å². The van der Waals surface area contributed by atoms with E-state index in [1.54, 1.807) is 29.2 Å². The van der Waals surface area contributed by atoms with Crippen LogP contribution in [0.3, 0.4) is 0 Å². The van der Waals surface area contributed by atoms with Gasteiger partial charge in [0, 0.05) is 58.1 Å². The third-order valence-electron chi connectivity index (χ3n) is 17.5. The summed E-state index contributed by atoms with van der Waals surface area (Å²) in [6.45, 7) is 2.89. The lowest BCUT2D eigenvalue weighted by Gasteiger charge is -2.53. The number of imide groups is 1. The van der Waals surface area contributed by atoms with Gasteiger partial charge in [0.15, 0.2) is 0 Å². The van der Waals surface area contributed by atoms with Gasteiger partial charge < -0.3 is 15.5 Å². The lowest BCUT2D eigenvalue weighted by atomic mass is 9.54. The van der Waals surface area contributed by atoms with Crippen molar-refractivity contribution in [3.8, 4) is 0 Å². The molecule has 6 fully saturated rings. The molecule has 354 valence electrons. The summed E-state index contributed by atoms with van der Waals surface area (Å²) >= 11 is 13.0. The molecule has 2 saturated heterocycles. The Labute approximate surface area is 401 Å². The molecular weight excluding hydrogens is 893 g/mol. The van der Waals surface area contributed by atoms with Crippen molar-refractivity contribution in [2.45, 2.75) is 170 Å². The largest absolute Gasteiger partial charge is 0.349 e. The molecule has 0 aromatic heterocycles. The monoisotopic (exact) mass is 951 g/mol. The molecule has 4 saturated carbocycles. The summed E-state index contributed by atoms with van der Waals surface area (Å²) in [5.74, 6) is -2.50. The fraction of sp³-hybridized carbons (Fsp3) is 0.547. The van der Waals surface area contributed by atoms with E-state index in [0.29, 0.717) is 99.4 Å². The first kappa shape index (κ1) is 46.1. The predicted molar refractivity (Wildman–Crippen MR) is 253 cm³/mol. The highest BCUT2D eigenvalue weighted by Crippen LogP contribution is 2.67. The Morgan fingerprint density at radius 1 is 0.851 bits per heavy atom. The lowest BCUT2D eigenvalue weighted by Crippen LogP contribution is -2.63. The van der Waals surface area contributed by atoms with E-state index < -0.39 is 51.6 Å². The highest BCUT2D eigenvalue weighted by atomic mass is 35.5. The number of Topliss-reactive ketones (excluding diaryl/α,β-unsaturated/α-hetero) is 1. The van der Waals surface area contributed by atoms with Gasteiger partial charge in [-0.25, -0.2) is 4.39 Å². The molecule has 0 radical (unpaired) electrons. The average molecular weight is 953 g/mol. The minimum atomic E-state index is -1.29. The second kappa shape index (κ2) is 17.7. The molecule has 1 unspecified atom stereocenters. The SMILES string of the molecule is CCN1[C@@H](C(=O)NC23CCC(C(=O)CCCCCCc4cccc5c4CN(C4CCC(=O)NC4=O)C5=O)(CC2)CC3)[C@H](c2cccc(Cl)c2F)[C@]2(C(=O)Nc3cc(Cl)ccc32)C12CCCCC2. The molecule has 3 N–H and O–H groups in total. The van der Waals surface area contributed by atoms with E-state index in [2.05, 4.69) is 26.9 Å². The molecule has 4 atom stereocenters. The number of ketones is 1. The van der Waals surface area contributed by atoms with Gasteiger partial charge in [0.1, 0.15) is 23.1 Å². The van der Waals surface area contributed by atoms with Gasteiger partial charge in [-0.05, 0) is 130 Å². The molecule has 11 nitrogen and oxygen atoms in total. The number of anilines is 1. The van der Waals surface area contributed by atoms with E-state index in [-0.39, 0.29) is 40.6 Å². The van der Waals surface area contributed by atoms with E-state index >= 15 is 14.0 Å². The van der Waals surface area contributed by atoms with Crippen LogP contribution in [0.1, 0.15) is 161 Å². The maximum absolute atomic E-state index is 16.7. The highest BCUT2D eigenvalue weighted by molar-refractivity contribution is 6.31. The number of piperidine rings is 1. The predicted octanol–water partition coefficient (Wildman–Crippen LogP) is 9.25. The zero-order valence-electron chi connectivity index (χ0n) is 38.3. The van der Waals surface area contributed by atoms with Crippen molar-refractivity contribution in [2.24, 2.45) is 5.41 Å². The summed E-state index contributed by atoms with van der Waals surface area (Å²) in [7, 11) is 0. The van der Waals surface area contributed by atoms with Crippen molar-refractivity contribution in [3.63, 3.8) is 0 Å². The number of carbonyl (C=O) groups excluding carboxylic acids is 6. The Kier molecular flexibility index (Phi) is 12.2. The molecule has 3 aromatic carbocycles. The molecule has 8 aliphatic rings. The van der Waals surface area contributed by atoms with Gasteiger partial charge >= 0.3 is 0 Å². The van der Waals surface area contributed by atoms with Crippen LogP contribution in [0.5, 0.6) is 0 Å². The summed E-state index contributed by atoms with van der Waals surface area (Å²) in [6.07, 6.45) is 13.8. The van der Waals surface area contributed by atoms with Gasteiger partial charge in [-0.2, -0.15) is 0 Å². The number of hydrogen-bond acceptors (Lipinski definition) is 7. The van der Waals surface area contributed by atoms with Crippen LogP contribution in [0, 0.1) is 11.2 Å². The van der Waals surface area contributed by atoms with E-state index in [1.165, 1.54) is 6.07 Å². The fourth-order valence-electron chi connectivity index (χ4n) is 14.3. The topological polar surface area (TPSA) is 145 Å². The summed E-state index contributed by atoms with van der Waals surface area (Å²) in [5.41, 5.74) is 1.34. The number of fused-ring (bicyclic) bond motifs is 7. The average Bonchev–Trinajstić information content (AvgIpc) is 3.90. The van der Waals surface area contributed by atoms with E-state index in [0.717, 1.165) is 68.1 Å². The van der Waals surface area contributed by atoms with E-state index in [4.69, 9.17) is 23.2 Å². The molecule has 67 heavy (non-hydrogen) atoms. The minimum Gasteiger partial charge on any atom is -0.349 e. The molecule has 2 spiro atoms. The van der Waals surface area contributed by atoms with Gasteiger partial charge in [0.05, 0.1) is 11.1 Å². The summed E-state index contributed by atoms with van der Waals surface area (Å²) in [4.78, 5) is 85.9. The number of carbonyl (C=O) groups is 6. The Morgan fingerprint density at radius 2 is 1.58 bits per heavy atom. The van der Waals surface area contributed by atoms with Crippen LogP contribution >= 0.6 is 23.2 Å². The number of rotatable bonds is 13. The summed E-state index contributed by atoms with van der Waals surface area (Å²) in [5, 5.41) is 9.52. The van der Waals surface area contributed by atoms with Crippen LogP contribution in [-0.2, 0) is 42.4 Å². The van der Waals surface area contributed by atoms with Crippen LogP contribution in [0.15, 0.2) is 54.6 Å². The van der Waals surface area contributed by atoms with Gasteiger partial charge in [0.2, 0.25) is 23.6 Å². The van der Waals surface area contributed by atoms with Gasteiger partial charge in [-0.3, -0.25) is 39.0 Å². The third-order valence-corrected chi connectivity index (χ3v) is 18.1. The number of nitrogens with zero attached hydrogens (tertiary/aromatic N) is 2. The molecular formula is C53H60Cl2FN5O6. The van der Waals surface area contributed by atoms with Crippen molar-refractivity contribution in [1.29, 1.82) is 0 Å². The van der Waals surface area contributed by atoms with Crippen LogP contribution in [0.4, 0.5) is 10.1 Å². The zero-order valence-corrected chi connectivity index (χ0v) is 39.8. The van der Waals surface area contributed by atoms with Crippen molar-refractivity contribution in [3.05, 3.63) is 98.3 Å². The number of nitrogens with one attached hydrogen (secondary N) is 3. The van der Waals surface area contributed by atoms with Crippen molar-refractivity contribution >= 4 is 64.2 Å². The molecule has 5 amide bonds. The molecule has 4 heterocycles. The first-order valence-corrected chi connectivity index (χ1v) is 25.5. The Balaban J connectivity index is 0.798. The number of likely N-dealkylation sites (N-methyl/N-ethyl adjacent to an activating group) is 1. The minimum absolute atomic E-state index is 0.0521. The smallest absolute Gasteiger partial charge is 0.255 e. The molecule has 3 aromatic rings. The third kappa shape index (κ3) is 7.36. The van der Waals surface area contributed by atoms with E-state index in [1.807, 2.05) is 25.1 Å². The molecule has 2 bridgehead atoms. The fourth-order valence-corrected chi connectivity index (χ4v) is 14.6. The normalized spacial score (nSPS) is 29.6. The number of amides is 5. The van der Waals surface area contributed by atoms with Crippen LogP contribution < -0.4 is 16.0 Å². The number of hydrogen-bond donors (Lipinski definition) is 3. The first-order valence-electron chi connectivity index (χ1n) is 24.7. The summed E-state index contributed by atoms with van der Waals surface area (Å²) in [6, 6.07) is 14.6. The second-order valence-electron chi connectivity index (χ2n) is 20.6. The number of halogens is 3. The number of benzene rings is 3. The van der Waals surface area contributed by atoms with Crippen molar-refractivity contribution in [2.75, 3.05) is 11.9 Å². The number of aryl methyl sites for hydroxylation is 1. The maximum Gasteiger partial charge on any atom is 0.255 e. The zero-order chi connectivity index (χ0) is 46.9. The summed E-state index contributed by atoms with van der Waals surface area (Å²) < 4.78 is 16.7. The molecule has 11 rings (SSSR count). The number of likely N-dealkylation sites (tertiary alicyclic amines) is 1. The first-order chi connectivity index (χ1) is 32.3. The quantitative estimate of drug-likeness (QED) is 0.115. The molecule has 14 heteroatoms. The van der Waals surface area contributed by atoms with Crippen molar-refractivity contribution < 1.29 is 33.2 Å². The van der Waals surface area contributed by atoms with Crippen molar-refractivity contribution in [1.82, 2.24) is 20.4 Å². The standard InChI is InChI=1S/C53H60Cl2FN5O6/c1-2-61-45(43(35-15-11-16-38(55)44(35)56)53(52(61)22-8-5-9-23-52)37-19-18-33(54)30-39(37)57-49(53)67)47(65)59-51-27-24-50(25-28-51,26-29-51)41(62)17-7-4-3-6-12-32-13-10-14-34-36(32)31-60(48(34)66)40-20-21-42(63)58-46(40)64/h10-11,13-16,18-19,30,40,43,45H,2-9,12,17,20-29,31H2,1H3,(H,57,67)(H,59,65)(H,58,63,64)/t40?,43-,45+,50?,51?,53+/m0/s1. The van der Waals surface area contributed by atoms with Gasteiger partial charge in [0.25, 0.3) is 5.91 Å². The highest BCUT2D eigenvalue weighted by Gasteiger charge is 2.75. The van der Waals surface area contributed by atoms with Gasteiger partial charge in [-0.15, -0.1) is 0 Å². The second-order valence-corrected chi connectivity index (χ2v) is 21.5. The van der Waals surface area contributed by atoms with Crippen LogP contribution in [-0.4, -0.2) is 74.8 Å². The lowest BCUT2D eigenvalue weighted by molar-refractivity contribution is -0.140. The van der Waals surface area contributed by atoms with Crippen LogP contribution in [0.2, 0.25) is 10.0 Å².